The molecule has 2 N–H and O–H groups in total. The van der Waals surface area contributed by atoms with Crippen LogP contribution in [0.4, 0.5) is 0 Å². The Morgan fingerprint density at radius 2 is 1.40 bits per heavy atom. The lowest BCUT2D eigenvalue weighted by atomic mass is 9.82. The van der Waals surface area contributed by atoms with Gasteiger partial charge >= 0.3 is 0 Å². The molecule has 1 aliphatic heterocycles. The molecule has 0 aromatic rings. The number of rotatable bonds is 0. The summed E-state index contributed by atoms with van der Waals surface area (Å²) in [5.74, 6) is 0. The summed E-state index contributed by atoms with van der Waals surface area (Å²) in [6, 6.07) is 0. The molecule has 0 amide bonds. The van der Waals surface area contributed by atoms with E-state index in [-0.39, 0.29) is 0 Å². The first-order valence-electron chi connectivity index (χ1n) is 6.62. The third-order valence-electron chi connectivity index (χ3n) is 3.38. The molecule has 2 nitrogen and oxygen atoms in total. The van der Waals surface area contributed by atoms with Crippen LogP contribution in [0.1, 0.15) is 54.4 Å². The first kappa shape index (κ1) is 14.9. The summed E-state index contributed by atoms with van der Waals surface area (Å²) in [6.07, 6.45) is 2.75. The Hall–Kier alpha value is -0.0800. The van der Waals surface area contributed by atoms with Gasteiger partial charge in [0.05, 0.1) is 0 Å². The van der Waals surface area contributed by atoms with Crippen LogP contribution in [0.2, 0.25) is 0 Å². The van der Waals surface area contributed by atoms with Crippen LogP contribution in [0, 0.1) is 5.41 Å². The number of nitrogens with one attached hydrogen (secondary N) is 2. The molecular weight excluding hydrogens is 184 g/mol. The minimum atomic E-state index is 0.448. The third-order valence-corrected chi connectivity index (χ3v) is 3.38. The van der Waals surface area contributed by atoms with Gasteiger partial charge in [0.15, 0.2) is 0 Å². The van der Waals surface area contributed by atoms with Gasteiger partial charge in [0.1, 0.15) is 0 Å². The normalized spacial score (nSPS) is 25.2. The quantitative estimate of drug-likeness (QED) is 0.648. The molecule has 1 saturated heterocycles. The summed E-state index contributed by atoms with van der Waals surface area (Å²) < 4.78 is 0. The molecule has 1 saturated carbocycles. The molecule has 2 rings (SSSR count). The third kappa shape index (κ3) is 3.46. The van der Waals surface area contributed by atoms with E-state index in [2.05, 4.69) is 24.5 Å². The largest absolute Gasteiger partial charge is 0.315 e. The standard InChI is InChI=1S/C9H18N2.2C2H6/c1-8(2)7-10-5-6-11-9(8)3-4-9;2*1-2/h10-11H,3-7H2,1-2H3;2*1-2H3. The van der Waals surface area contributed by atoms with E-state index >= 15 is 0 Å². The second kappa shape index (κ2) is 6.49. The zero-order valence-electron chi connectivity index (χ0n) is 11.5. The van der Waals surface area contributed by atoms with Crippen molar-refractivity contribution < 1.29 is 0 Å². The van der Waals surface area contributed by atoms with Crippen molar-refractivity contribution in [1.29, 1.82) is 0 Å². The van der Waals surface area contributed by atoms with Gasteiger partial charge in [-0.1, -0.05) is 41.5 Å². The number of hydrogen-bond acceptors (Lipinski definition) is 2. The molecule has 2 fully saturated rings. The SMILES string of the molecule is CC.CC.CC1(C)CNCCNC12CC2. The minimum absolute atomic E-state index is 0.448. The fourth-order valence-corrected chi connectivity index (χ4v) is 2.18. The second-order valence-corrected chi connectivity index (χ2v) is 4.57. The monoisotopic (exact) mass is 214 g/mol. The van der Waals surface area contributed by atoms with E-state index in [0.717, 1.165) is 13.1 Å². The summed E-state index contributed by atoms with van der Waals surface area (Å²) >= 11 is 0. The van der Waals surface area contributed by atoms with Crippen molar-refractivity contribution >= 4 is 0 Å². The minimum Gasteiger partial charge on any atom is -0.315 e. The van der Waals surface area contributed by atoms with Crippen LogP contribution >= 0.6 is 0 Å². The van der Waals surface area contributed by atoms with Crippen molar-refractivity contribution in [3.8, 4) is 0 Å². The molecule has 1 heterocycles. The van der Waals surface area contributed by atoms with Crippen molar-refractivity contribution in [2.45, 2.75) is 59.9 Å². The molecule has 1 aliphatic carbocycles. The van der Waals surface area contributed by atoms with Gasteiger partial charge in [0, 0.05) is 25.2 Å². The van der Waals surface area contributed by atoms with Gasteiger partial charge in [0.25, 0.3) is 0 Å². The molecule has 0 unspecified atom stereocenters. The first-order valence-corrected chi connectivity index (χ1v) is 6.62. The lowest BCUT2D eigenvalue weighted by Gasteiger charge is -2.33. The van der Waals surface area contributed by atoms with Crippen LogP contribution in [0.15, 0.2) is 0 Å². The lowest BCUT2D eigenvalue weighted by molar-refractivity contribution is 0.238. The fraction of sp³-hybridized carbons (Fsp3) is 1.00. The van der Waals surface area contributed by atoms with Crippen molar-refractivity contribution in [2.24, 2.45) is 5.41 Å². The van der Waals surface area contributed by atoms with Gasteiger partial charge in [-0.05, 0) is 18.3 Å². The average Bonchev–Trinajstić information content (AvgIpc) is 3.05. The van der Waals surface area contributed by atoms with E-state index in [9.17, 15) is 0 Å². The van der Waals surface area contributed by atoms with Crippen molar-refractivity contribution in [3.63, 3.8) is 0 Å². The van der Waals surface area contributed by atoms with Crippen molar-refractivity contribution in [3.05, 3.63) is 0 Å². The molecule has 0 radical (unpaired) electrons. The maximum atomic E-state index is 3.66. The Morgan fingerprint density at radius 1 is 0.867 bits per heavy atom. The van der Waals surface area contributed by atoms with Crippen LogP contribution in [-0.4, -0.2) is 25.2 Å². The molecule has 2 aliphatic rings. The van der Waals surface area contributed by atoms with Crippen molar-refractivity contribution in [1.82, 2.24) is 10.6 Å². The Balaban J connectivity index is 0.000000442. The van der Waals surface area contributed by atoms with Crippen LogP contribution in [0.25, 0.3) is 0 Å². The molecule has 92 valence electrons. The summed E-state index contributed by atoms with van der Waals surface area (Å²) in [4.78, 5) is 0. The maximum Gasteiger partial charge on any atom is 0.0246 e. The van der Waals surface area contributed by atoms with Crippen molar-refractivity contribution in [2.75, 3.05) is 19.6 Å². The first-order chi connectivity index (χ1) is 7.16. The van der Waals surface area contributed by atoms with Crippen LogP contribution < -0.4 is 10.6 Å². The molecule has 0 aromatic heterocycles. The molecule has 2 heteroatoms. The van der Waals surface area contributed by atoms with E-state index in [0.29, 0.717) is 11.0 Å². The summed E-state index contributed by atoms with van der Waals surface area (Å²) in [7, 11) is 0. The second-order valence-electron chi connectivity index (χ2n) is 4.57. The average molecular weight is 214 g/mol. The van der Waals surface area contributed by atoms with E-state index < -0.39 is 0 Å². The lowest BCUT2D eigenvalue weighted by Crippen LogP contribution is -2.45. The smallest absolute Gasteiger partial charge is 0.0246 e. The van der Waals surface area contributed by atoms with E-state index in [1.807, 2.05) is 27.7 Å². The zero-order chi connectivity index (χ0) is 11.9. The number of hydrogen-bond donors (Lipinski definition) is 2. The summed E-state index contributed by atoms with van der Waals surface area (Å²) in [5, 5.41) is 7.13. The van der Waals surface area contributed by atoms with Gasteiger partial charge in [0.2, 0.25) is 0 Å². The Morgan fingerprint density at radius 3 is 1.87 bits per heavy atom. The van der Waals surface area contributed by atoms with Gasteiger partial charge in [-0.2, -0.15) is 0 Å². The maximum absolute atomic E-state index is 3.66. The van der Waals surface area contributed by atoms with Gasteiger partial charge < -0.3 is 10.6 Å². The molecule has 15 heavy (non-hydrogen) atoms. The van der Waals surface area contributed by atoms with E-state index in [4.69, 9.17) is 0 Å². The van der Waals surface area contributed by atoms with Gasteiger partial charge in [-0.25, -0.2) is 0 Å². The molecule has 0 atom stereocenters. The fourth-order valence-electron chi connectivity index (χ4n) is 2.18. The highest BCUT2D eigenvalue weighted by molar-refractivity contribution is 5.12. The zero-order valence-corrected chi connectivity index (χ0v) is 11.5. The Labute approximate surface area is 96.2 Å². The van der Waals surface area contributed by atoms with Crippen LogP contribution in [-0.2, 0) is 0 Å². The summed E-state index contributed by atoms with van der Waals surface area (Å²) in [5.41, 5.74) is 0.944. The highest BCUT2D eigenvalue weighted by Crippen LogP contribution is 2.49. The van der Waals surface area contributed by atoms with Gasteiger partial charge in [-0.3, -0.25) is 0 Å². The van der Waals surface area contributed by atoms with Crippen LogP contribution in [0.3, 0.4) is 0 Å². The molecule has 0 bridgehead atoms. The predicted molar refractivity (Wildman–Crippen MR) is 69.3 cm³/mol. The topological polar surface area (TPSA) is 24.1 Å². The van der Waals surface area contributed by atoms with Gasteiger partial charge in [-0.15, -0.1) is 0 Å². The molecule has 0 aromatic carbocycles. The van der Waals surface area contributed by atoms with E-state index in [1.54, 1.807) is 0 Å². The highest BCUT2D eigenvalue weighted by atomic mass is 15.1. The Kier molecular flexibility index (Phi) is 6.46. The molecular formula is C13H30N2. The Bertz CT molecular complexity index is 154. The van der Waals surface area contributed by atoms with E-state index in [1.165, 1.54) is 19.4 Å². The summed E-state index contributed by atoms with van der Waals surface area (Å²) in [6.45, 7) is 16.2. The molecule has 1 spiro atoms. The highest BCUT2D eigenvalue weighted by Gasteiger charge is 2.54. The predicted octanol–water partition coefficient (Wildman–Crippen LogP) is 2.79. The van der Waals surface area contributed by atoms with Crippen LogP contribution in [0.5, 0.6) is 0 Å².